The molecule has 0 radical (unpaired) electrons. The quantitative estimate of drug-likeness (QED) is 0.652. The number of amides is 1. The van der Waals surface area contributed by atoms with Crippen molar-refractivity contribution in [1.82, 2.24) is 5.32 Å². The third-order valence-corrected chi connectivity index (χ3v) is 2.68. The summed E-state index contributed by atoms with van der Waals surface area (Å²) >= 11 is 0. The number of hydrogen-bond acceptors (Lipinski definition) is 3. The second-order valence-electron chi connectivity index (χ2n) is 4.45. The first-order valence-corrected chi connectivity index (χ1v) is 6.05. The van der Waals surface area contributed by atoms with Crippen LogP contribution in [0, 0.1) is 13.8 Å². The summed E-state index contributed by atoms with van der Waals surface area (Å²) in [7, 11) is 1.29. The number of carbonyl (C=O) groups is 2. The number of hydrogen-bond donors (Lipinski definition) is 1. The van der Waals surface area contributed by atoms with Crippen LogP contribution in [0.1, 0.15) is 27.9 Å². The fourth-order valence-corrected chi connectivity index (χ4v) is 1.87. The SMILES string of the molecule is C=CC[C@@H](NC(=O)c1cc(C)cc(C)c1)C(=O)OC. The molecule has 4 heteroatoms. The summed E-state index contributed by atoms with van der Waals surface area (Å²) in [6, 6.07) is 4.85. The number of ether oxygens (including phenoxy) is 1. The molecule has 0 saturated heterocycles. The van der Waals surface area contributed by atoms with Gasteiger partial charge < -0.3 is 10.1 Å². The van der Waals surface area contributed by atoms with Crippen LogP contribution in [0.5, 0.6) is 0 Å². The van der Waals surface area contributed by atoms with Gasteiger partial charge >= 0.3 is 5.97 Å². The molecule has 0 spiro atoms. The van der Waals surface area contributed by atoms with Crippen molar-refractivity contribution in [2.45, 2.75) is 26.3 Å². The molecule has 1 aromatic rings. The van der Waals surface area contributed by atoms with Crippen LogP contribution in [-0.2, 0) is 9.53 Å². The highest BCUT2D eigenvalue weighted by atomic mass is 16.5. The minimum atomic E-state index is -0.698. The maximum atomic E-state index is 12.1. The van der Waals surface area contributed by atoms with Crippen molar-refractivity contribution in [3.05, 3.63) is 47.5 Å². The predicted octanol–water partition coefficient (Wildman–Crippen LogP) is 2.15. The Labute approximate surface area is 113 Å². The van der Waals surface area contributed by atoms with Crippen LogP contribution < -0.4 is 5.32 Å². The summed E-state index contributed by atoms with van der Waals surface area (Å²) in [6.45, 7) is 7.41. The van der Waals surface area contributed by atoms with Crippen molar-refractivity contribution in [1.29, 1.82) is 0 Å². The molecular weight excluding hydrogens is 242 g/mol. The highest BCUT2D eigenvalue weighted by molar-refractivity contribution is 5.97. The molecule has 0 aromatic heterocycles. The van der Waals surface area contributed by atoms with E-state index in [4.69, 9.17) is 0 Å². The standard InChI is InChI=1S/C15H19NO3/c1-5-6-13(15(18)19-4)16-14(17)12-8-10(2)7-11(3)9-12/h5,7-9,13H,1,6H2,2-4H3,(H,16,17)/t13-/m1/s1. The summed E-state index contributed by atoms with van der Waals surface area (Å²) in [6.07, 6.45) is 1.91. The van der Waals surface area contributed by atoms with Gasteiger partial charge in [0.15, 0.2) is 0 Å². The molecule has 1 amide bonds. The monoisotopic (exact) mass is 261 g/mol. The normalized spacial score (nSPS) is 11.5. The molecule has 1 aromatic carbocycles. The maximum Gasteiger partial charge on any atom is 0.328 e. The number of esters is 1. The van der Waals surface area contributed by atoms with Crippen LogP contribution in [0.15, 0.2) is 30.9 Å². The third kappa shape index (κ3) is 4.25. The molecule has 0 heterocycles. The lowest BCUT2D eigenvalue weighted by atomic mass is 10.1. The molecule has 1 rings (SSSR count). The minimum absolute atomic E-state index is 0.288. The van der Waals surface area contributed by atoms with Crippen LogP contribution in [-0.4, -0.2) is 25.0 Å². The van der Waals surface area contributed by atoms with Gasteiger partial charge in [-0.1, -0.05) is 23.3 Å². The molecule has 4 nitrogen and oxygen atoms in total. The zero-order chi connectivity index (χ0) is 14.4. The largest absolute Gasteiger partial charge is 0.467 e. The van der Waals surface area contributed by atoms with Crippen LogP contribution in [0.25, 0.3) is 0 Å². The summed E-state index contributed by atoms with van der Waals surface area (Å²) in [5.41, 5.74) is 2.54. The Balaban J connectivity index is 2.87. The van der Waals surface area contributed by atoms with E-state index in [1.165, 1.54) is 7.11 Å². The van der Waals surface area contributed by atoms with E-state index in [0.29, 0.717) is 12.0 Å². The van der Waals surface area contributed by atoms with E-state index in [1.807, 2.05) is 19.9 Å². The number of carbonyl (C=O) groups excluding carboxylic acids is 2. The van der Waals surface area contributed by atoms with Gasteiger partial charge in [-0.25, -0.2) is 4.79 Å². The summed E-state index contributed by atoms with van der Waals surface area (Å²) in [5, 5.41) is 2.65. The molecule has 0 bridgehead atoms. The van der Waals surface area contributed by atoms with Crippen molar-refractivity contribution in [3.63, 3.8) is 0 Å². The molecule has 1 atom stereocenters. The van der Waals surface area contributed by atoms with Crippen molar-refractivity contribution in [2.75, 3.05) is 7.11 Å². The predicted molar refractivity (Wildman–Crippen MR) is 74.0 cm³/mol. The minimum Gasteiger partial charge on any atom is -0.467 e. The van der Waals surface area contributed by atoms with Gasteiger partial charge in [-0.05, 0) is 32.4 Å². The molecule has 0 aliphatic carbocycles. The first-order valence-electron chi connectivity index (χ1n) is 6.05. The molecule has 19 heavy (non-hydrogen) atoms. The van der Waals surface area contributed by atoms with Crippen LogP contribution >= 0.6 is 0 Å². The molecule has 0 aliphatic heterocycles. The van der Waals surface area contributed by atoms with E-state index in [-0.39, 0.29) is 5.91 Å². The van der Waals surface area contributed by atoms with Gasteiger partial charge in [0, 0.05) is 5.56 Å². The molecule has 0 aliphatic rings. The molecule has 102 valence electrons. The second-order valence-corrected chi connectivity index (χ2v) is 4.45. The van der Waals surface area contributed by atoms with Gasteiger partial charge in [0.05, 0.1) is 7.11 Å². The maximum absolute atomic E-state index is 12.1. The van der Waals surface area contributed by atoms with Gasteiger partial charge in [0.1, 0.15) is 6.04 Å². The lowest BCUT2D eigenvalue weighted by molar-refractivity contribution is -0.142. The van der Waals surface area contributed by atoms with Gasteiger partial charge in [0.2, 0.25) is 0 Å². The Morgan fingerprint density at radius 2 is 1.89 bits per heavy atom. The summed E-state index contributed by atoms with van der Waals surface area (Å²) < 4.78 is 4.65. The van der Waals surface area contributed by atoms with Crippen molar-refractivity contribution in [2.24, 2.45) is 0 Å². The third-order valence-electron chi connectivity index (χ3n) is 2.68. The topological polar surface area (TPSA) is 55.4 Å². The zero-order valence-electron chi connectivity index (χ0n) is 11.5. The summed E-state index contributed by atoms with van der Waals surface area (Å²) in [4.78, 5) is 23.6. The van der Waals surface area contributed by atoms with Gasteiger partial charge in [-0.2, -0.15) is 0 Å². The van der Waals surface area contributed by atoms with Gasteiger partial charge in [0.25, 0.3) is 5.91 Å². The fraction of sp³-hybridized carbons (Fsp3) is 0.333. The molecule has 0 unspecified atom stereocenters. The van der Waals surface area contributed by atoms with Crippen LogP contribution in [0.2, 0.25) is 0 Å². The first kappa shape index (κ1) is 15.0. The Bertz CT molecular complexity index is 474. The summed E-state index contributed by atoms with van der Waals surface area (Å²) in [5.74, 6) is -0.762. The average Bonchev–Trinajstić information content (AvgIpc) is 2.36. The fourth-order valence-electron chi connectivity index (χ4n) is 1.87. The number of benzene rings is 1. The molecule has 0 saturated carbocycles. The lowest BCUT2D eigenvalue weighted by Gasteiger charge is -2.15. The number of rotatable bonds is 5. The van der Waals surface area contributed by atoms with Crippen LogP contribution in [0.3, 0.4) is 0 Å². The molecular formula is C15H19NO3. The molecule has 0 fully saturated rings. The highest BCUT2D eigenvalue weighted by Gasteiger charge is 2.20. The van der Waals surface area contributed by atoms with Gasteiger partial charge in [-0.15, -0.1) is 6.58 Å². The Kier molecular flexibility index (Phi) is 5.30. The lowest BCUT2D eigenvalue weighted by Crippen LogP contribution is -2.41. The van der Waals surface area contributed by atoms with Crippen LogP contribution in [0.4, 0.5) is 0 Å². The van der Waals surface area contributed by atoms with E-state index in [0.717, 1.165) is 11.1 Å². The van der Waals surface area contributed by atoms with E-state index in [2.05, 4.69) is 16.6 Å². The first-order chi connectivity index (χ1) is 8.97. The van der Waals surface area contributed by atoms with Crippen molar-refractivity contribution < 1.29 is 14.3 Å². The average molecular weight is 261 g/mol. The molecule has 1 N–H and O–H groups in total. The van der Waals surface area contributed by atoms with E-state index < -0.39 is 12.0 Å². The second kappa shape index (κ2) is 6.73. The number of nitrogens with one attached hydrogen (secondary N) is 1. The van der Waals surface area contributed by atoms with E-state index in [9.17, 15) is 9.59 Å². The number of aryl methyl sites for hydroxylation is 2. The van der Waals surface area contributed by atoms with E-state index >= 15 is 0 Å². The Morgan fingerprint density at radius 1 is 1.32 bits per heavy atom. The Morgan fingerprint density at radius 3 is 2.37 bits per heavy atom. The van der Waals surface area contributed by atoms with Crippen molar-refractivity contribution >= 4 is 11.9 Å². The van der Waals surface area contributed by atoms with E-state index in [1.54, 1.807) is 18.2 Å². The van der Waals surface area contributed by atoms with Crippen molar-refractivity contribution in [3.8, 4) is 0 Å². The highest BCUT2D eigenvalue weighted by Crippen LogP contribution is 2.09. The Hall–Kier alpha value is -2.10. The zero-order valence-corrected chi connectivity index (χ0v) is 11.5. The number of methoxy groups -OCH3 is 1. The van der Waals surface area contributed by atoms with Gasteiger partial charge in [-0.3, -0.25) is 4.79 Å². The smallest absolute Gasteiger partial charge is 0.328 e.